The first-order chi connectivity index (χ1) is 6.27. The van der Waals surface area contributed by atoms with Crippen molar-refractivity contribution in [2.24, 2.45) is 0 Å². The topological polar surface area (TPSA) is 47.9 Å². The molecule has 0 aromatic rings. The predicted octanol–water partition coefficient (Wildman–Crippen LogP) is 2.17. The van der Waals surface area contributed by atoms with Gasteiger partial charge in [0.25, 0.3) is 0 Å². The molecule has 4 nitrogen and oxygen atoms in total. The van der Waals surface area contributed by atoms with E-state index in [-0.39, 0.29) is 0 Å². The molecule has 0 aliphatic rings. The van der Waals surface area contributed by atoms with E-state index in [9.17, 15) is 0 Å². The van der Waals surface area contributed by atoms with Crippen LogP contribution in [0.3, 0.4) is 0 Å². The summed E-state index contributed by atoms with van der Waals surface area (Å²) in [5.41, 5.74) is 1.08. The quantitative estimate of drug-likeness (QED) is 0.262. The average Bonchev–Trinajstić information content (AvgIpc) is 2.09. The van der Waals surface area contributed by atoms with Crippen molar-refractivity contribution in [1.29, 1.82) is 0 Å². The molecule has 0 heterocycles. The van der Waals surface area contributed by atoms with Crippen molar-refractivity contribution in [2.75, 3.05) is 19.8 Å². The van der Waals surface area contributed by atoms with Gasteiger partial charge in [-0.2, -0.15) is 0 Å². The van der Waals surface area contributed by atoms with Gasteiger partial charge in [-0.3, -0.25) is 5.26 Å². The monoisotopic (exact) mass is 190 g/mol. The third kappa shape index (κ3) is 11.6. The Bertz CT molecular complexity index is 125. The zero-order valence-corrected chi connectivity index (χ0v) is 8.12. The molecule has 0 amide bonds. The van der Waals surface area contributed by atoms with Crippen LogP contribution >= 0.6 is 0 Å². The summed E-state index contributed by atoms with van der Waals surface area (Å²) in [7, 11) is 0. The zero-order chi connectivity index (χ0) is 9.94. The van der Waals surface area contributed by atoms with Gasteiger partial charge >= 0.3 is 0 Å². The van der Waals surface area contributed by atoms with Crippen molar-refractivity contribution in [1.82, 2.24) is 0 Å². The van der Waals surface area contributed by atoms with E-state index < -0.39 is 0 Å². The molecule has 78 valence electrons. The standard InChI is InChI=1S/C9H18O4/c1-9(2)5-8-13-12-7-4-3-6-11-10/h10H,1,3-8H2,2H3. The van der Waals surface area contributed by atoms with Crippen LogP contribution in [0.15, 0.2) is 12.2 Å². The number of hydrogen-bond acceptors (Lipinski definition) is 4. The van der Waals surface area contributed by atoms with Gasteiger partial charge in [0.2, 0.25) is 0 Å². The highest BCUT2D eigenvalue weighted by molar-refractivity contribution is 4.86. The maximum absolute atomic E-state index is 7.99. The van der Waals surface area contributed by atoms with Crippen molar-refractivity contribution in [3.05, 3.63) is 12.2 Å². The SMILES string of the molecule is C=C(C)CCOOCCCCOO. The van der Waals surface area contributed by atoms with Crippen LogP contribution in [0.4, 0.5) is 0 Å². The summed E-state index contributed by atoms with van der Waals surface area (Å²) in [5.74, 6) is 0. The van der Waals surface area contributed by atoms with Crippen molar-refractivity contribution in [3.63, 3.8) is 0 Å². The highest BCUT2D eigenvalue weighted by Crippen LogP contribution is 1.96. The molecule has 4 heteroatoms. The van der Waals surface area contributed by atoms with Crippen molar-refractivity contribution in [2.45, 2.75) is 26.2 Å². The normalized spacial score (nSPS) is 10.3. The molecule has 0 spiro atoms. The minimum Gasteiger partial charge on any atom is -0.252 e. The number of unbranched alkanes of at least 4 members (excludes halogenated alkanes) is 1. The summed E-state index contributed by atoms with van der Waals surface area (Å²) in [6, 6.07) is 0. The average molecular weight is 190 g/mol. The second kappa shape index (κ2) is 9.67. The molecule has 13 heavy (non-hydrogen) atoms. The fourth-order valence-corrected chi connectivity index (χ4v) is 0.661. The first-order valence-electron chi connectivity index (χ1n) is 4.42. The van der Waals surface area contributed by atoms with Crippen LogP contribution in [-0.2, 0) is 14.7 Å². The molecule has 0 rings (SSSR count). The second-order valence-corrected chi connectivity index (χ2v) is 2.89. The van der Waals surface area contributed by atoms with Gasteiger partial charge in [-0.25, -0.2) is 14.7 Å². The van der Waals surface area contributed by atoms with Crippen LogP contribution in [0.2, 0.25) is 0 Å². The summed E-state index contributed by atoms with van der Waals surface area (Å²) >= 11 is 0. The van der Waals surface area contributed by atoms with Crippen LogP contribution in [0, 0.1) is 0 Å². The third-order valence-corrected chi connectivity index (χ3v) is 1.41. The zero-order valence-electron chi connectivity index (χ0n) is 8.12. The van der Waals surface area contributed by atoms with Gasteiger partial charge < -0.3 is 0 Å². The number of hydrogen-bond donors (Lipinski definition) is 1. The largest absolute Gasteiger partial charge is 0.252 e. The van der Waals surface area contributed by atoms with Crippen molar-refractivity contribution in [3.8, 4) is 0 Å². The van der Waals surface area contributed by atoms with E-state index in [1.54, 1.807) is 0 Å². The Morgan fingerprint density at radius 3 is 2.38 bits per heavy atom. The molecule has 0 radical (unpaired) electrons. The van der Waals surface area contributed by atoms with Crippen LogP contribution in [0.25, 0.3) is 0 Å². The maximum Gasteiger partial charge on any atom is 0.0859 e. The molecular formula is C9H18O4. The second-order valence-electron chi connectivity index (χ2n) is 2.89. The molecule has 0 saturated carbocycles. The molecule has 0 unspecified atom stereocenters. The minimum absolute atomic E-state index is 0.342. The lowest BCUT2D eigenvalue weighted by atomic mass is 10.3. The van der Waals surface area contributed by atoms with Gasteiger partial charge in [0.15, 0.2) is 0 Å². The first kappa shape index (κ1) is 12.6. The molecule has 0 fully saturated rings. The Morgan fingerprint density at radius 1 is 1.15 bits per heavy atom. The highest BCUT2D eigenvalue weighted by Gasteiger charge is 1.91. The Hall–Kier alpha value is -0.420. The third-order valence-electron chi connectivity index (χ3n) is 1.41. The van der Waals surface area contributed by atoms with Gasteiger partial charge in [0.1, 0.15) is 0 Å². The molecule has 0 saturated heterocycles. The molecule has 0 bridgehead atoms. The summed E-state index contributed by atoms with van der Waals surface area (Å²) in [6.07, 6.45) is 2.40. The van der Waals surface area contributed by atoms with Gasteiger partial charge in [-0.1, -0.05) is 5.57 Å². The van der Waals surface area contributed by atoms with E-state index in [1.165, 1.54) is 0 Å². The van der Waals surface area contributed by atoms with E-state index in [2.05, 4.69) is 11.5 Å². The molecular weight excluding hydrogens is 172 g/mol. The molecule has 1 N–H and O–H groups in total. The molecule has 0 aromatic heterocycles. The van der Waals surface area contributed by atoms with Gasteiger partial charge in [0, 0.05) is 0 Å². The minimum atomic E-state index is 0.342. The maximum atomic E-state index is 7.99. The van der Waals surface area contributed by atoms with E-state index in [0.717, 1.165) is 24.8 Å². The lowest BCUT2D eigenvalue weighted by molar-refractivity contribution is -0.295. The first-order valence-corrected chi connectivity index (χ1v) is 4.42. The van der Waals surface area contributed by atoms with E-state index in [4.69, 9.17) is 15.0 Å². The molecule has 0 aliphatic heterocycles. The summed E-state index contributed by atoms with van der Waals surface area (Å²) < 4.78 is 0. The molecule has 0 atom stereocenters. The van der Waals surface area contributed by atoms with Crippen molar-refractivity contribution >= 4 is 0 Å². The Balaban J connectivity index is 2.87. The van der Waals surface area contributed by atoms with Crippen LogP contribution in [-0.4, -0.2) is 25.1 Å². The lowest BCUT2D eigenvalue weighted by Gasteiger charge is -2.03. The van der Waals surface area contributed by atoms with Crippen molar-refractivity contribution < 1.29 is 19.9 Å². The van der Waals surface area contributed by atoms with E-state index in [1.807, 2.05) is 6.92 Å². The summed E-state index contributed by atoms with van der Waals surface area (Å²) in [6.45, 7) is 7.10. The lowest BCUT2D eigenvalue weighted by Crippen LogP contribution is -2.00. The van der Waals surface area contributed by atoms with E-state index in [0.29, 0.717) is 19.8 Å². The fourth-order valence-electron chi connectivity index (χ4n) is 0.661. The Labute approximate surface area is 79.0 Å². The van der Waals surface area contributed by atoms with Gasteiger partial charge in [-0.05, 0) is 26.2 Å². The smallest absolute Gasteiger partial charge is 0.0859 e. The molecule has 0 aliphatic carbocycles. The van der Waals surface area contributed by atoms with E-state index >= 15 is 0 Å². The highest BCUT2D eigenvalue weighted by atomic mass is 17.2. The fraction of sp³-hybridized carbons (Fsp3) is 0.778. The molecule has 0 aromatic carbocycles. The van der Waals surface area contributed by atoms with Gasteiger partial charge in [-0.15, -0.1) is 6.58 Å². The predicted molar refractivity (Wildman–Crippen MR) is 49.1 cm³/mol. The summed E-state index contributed by atoms with van der Waals surface area (Å²) in [5, 5.41) is 7.99. The van der Waals surface area contributed by atoms with Gasteiger partial charge in [0.05, 0.1) is 19.8 Å². The van der Waals surface area contributed by atoms with Crippen LogP contribution in [0.5, 0.6) is 0 Å². The Morgan fingerprint density at radius 2 is 1.77 bits per heavy atom. The number of rotatable bonds is 9. The van der Waals surface area contributed by atoms with Crippen LogP contribution < -0.4 is 0 Å². The summed E-state index contributed by atoms with van der Waals surface area (Å²) in [4.78, 5) is 13.6. The Kier molecular flexibility index (Phi) is 9.35. The van der Waals surface area contributed by atoms with Crippen LogP contribution in [0.1, 0.15) is 26.2 Å².